The number of ether oxygens (including phenoxy) is 1. The average Bonchev–Trinajstić information content (AvgIpc) is 2.59. The highest BCUT2D eigenvalue weighted by Gasteiger charge is 2.31. The molecule has 0 saturated heterocycles. The molecular weight excluding hydrogens is 365 g/mol. The van der Waals surface area contributed by atoms with E-state index in [1.54, 1.807) is 6.92 Å². The number of carbonyl (C=O) groups excluding carboxylic acids is 1. The third kappa shape index (κ3) is 6.46. The van der Waals surface area contributed by atoms with Gasteiger partial charge >= 0.3 is 6.36 Å². The van der Waals surface area contributed by atoms with E-state index in [1.165, 1.54) is 48.6 Å². The molecule has 1 amide bonds. The number of nitro benzene ring substituents is 1. The minimum absolute atomic E-state index is 0.0526. The number of nitrogens with one attached hydrogen (secondary N) is 1. The number of alkyl halides is 3. The van der Waals surface area contributed by atoms with E-state index in [4.69, 9.17) is 0 Å². The number of hydrogen-bond acceptors (Lipinski definition) is 4. The molecule has 6 nitrogen and oxygen atoms in total. The molecule has 0 fully saturated rings. The van der Waals surface area contributed by atoms with Gasteiger partial charge in [-0.15, -0.1) is 13.2 Å². The lowest BCUT2D eigenvalue weighted by Crippen LogP contribution is -2.24. The highest BCUT2D eigenvalue weighted by Crippen LogP contribution is 2.24. The van der Waals surface area contributed by atoms with Gasteiger partial charge in [-0.2, -0.15) is 0 Å². The fourth-order valence-electron chi connectivity index (χ4n) is 2.18. The third-order valence-electron chi connectivity index (χ3n) is 3.50. The normalized spacial score (nSPS) is 12.6. The van der Waals surface area contributed by atoms with Crippen LogP contribution in [0.4, 0.5) is 18.9 Å². The highest BCUT2D eigenvalue weighted by molar-refractivity contribution is 5.92. The fourth-order valence-corrected chi connectivity index (χ4v) is 2.18. The number of halogens is 3. The topological polar surface area (TPSA) is 81.5 Å². The van der Waals surface area contributed by atoms with Crippen molar-refractivity contribution in [2.45, 2.75) is 19.3 Å². The maximum Gasteiger partial charge on any atom is 0.573 e. The number of non-ortho nitro benzene ring substituents is 1. The number of hydrogen-bond donors (Lipinski definition) is 1. The van der Waals surface area contributed by atoms with E-state index in [2.05, 4.69) is 10.1 Å². The minimum Gasteiger partial charge on any atom is -0.406 e. The van der Waals surface area contributed by atoms with E-state index in [9.17, 15) is 28.1 Å². The summed E-state index contributed by atoms with van der Waals surface area (Å²) in [6.45, 7) is 1.68. The molecule has 0 aliphatic rings. The first kappa shape index (κ1) is 20.0. The molecule has 142 valence electrons. The number of amides is 1. The zero-order valence-corrected chi connectivity index (χ0v) is 14.1. The highest BCUT2D eigenvalue weighted by atomic mass is 19.4. The maximum atomic E-state index is 12.1. The van der Waals surface area contributed by atoms with Crippen molar-refractivity contribution in [3.8, 4) is 5.75 Å². The van der Waals surface area contributed by atoms with Gasteiger partial charge in [0.1, 0.15) is 5.75 Å². The second-order valence-electron chi connectivity index (χ2n) is 5.53. The van der Waals surface area contributed by atoms with Crippen LogP contribution in [0, 0.1) is 10.1 Å². The lowest BCUT2D eigenvalue weighted by atomic mass is 10.1. The van der Waals surface area contributed by atoms with Gasteiger partial charge in [0.25, 0.3) is 5.69 Å². The fraction of sp³-hybridized carbons (Fsp3) is 0.167. The Kier molecular flexibility index (Phi) is 6.17. The monoisotopic (exact) mass is 380 g/mol. The maximum absolute atomic E-state index is 12.1. The van der Waals surface area contributed by atoms with E-state index in [0.29, 0.717) is 11.1 Å². The molecule has 2 aromatic rings. The first-order chi connectivity index (χ1) is 12.6. The quantitative estimate of drug-likeness (QED) is 0.458. The van der Waals surface area contributed by atoms with Crippen molar-refractivity contribution in [3.05, 3.63) is 75.8 Å². The molecule has 0 saturated carbocycles. The van der Waals surface area contributed by atoms with Gasteiger partial charge in [-0.05, 0) is 48.4 Å². The van der Waals surface area contributed by atoms with Gasteiger partial charge in [-0.1, -0.05) is 12.1 Å². The van der Waals surface area contributed by atoms with Crippen molar-refractivity contribution in [2.75, 3.05) is 0 Å². The van der Waals surface area contributed by atoms with Gasteiger partial charge in [0.2, 0.25) is 5.91 Å². The summed E-state index contributed by atoms with van der Waals surface area (Å²) in [6.07, 6.45) is -2.01. The largest absolute Gasteiger partial charge is 0.573 e. The Morgan fingerprint density at radius 3 is 2.26 bits per heavy atom. The molecule has 0 aliphatic heterocycles. The summed E-state index contributed by atoms with van der Waals surface area (Å²) in [4.78, 5) is 22.0. The van der Waals surface area contributed by atoms with Crippen molar-refractivity contribution < 1.29 is 27.6 Å². The predicted molar refractivity (Wildman–Crippen MR) is 91.8 cm³/mol. The SMILES string of the molecule is CC(NC(=O)/C=C/c1ccc([N+](=O)[O-])cc1)c1ccc(OC(F)(F)F)cc1. The van der Waals surface area contributed by atoms with Crippen molar-refractivity contribution in [1.82, 2.24) is 5.32 Å². The summed E-state index contributed by atoms with van der Waals surface area (Å²) in [6, 6.07) is 10.4. The summed E-state index contributed by atoms with van der Waals surface area (Å²) in [5.74, 6) is -0.765. The average molecular weight is 380 g/mol. The van der Waals surface area contributed by atoms with Crippen LogP contribution in [-0.2, 0) is 4.79 Å². The van der Waals surface area contributed by atoms with Crippen molar-refractivity contribution in [2.24, 2.45) is 0 Å². The van der Waals surface area contributed by atoms with Crippen LogP contribution in [0.2, 0.25) is 0 Å². The minimum atomic E-state index is -4.76. The summed E-state index contributed by atoms with van der Waals surface area (Å²) < 4.78 is 40.2. The molecule has 0 heterocycles. The number of carbonyl (C=O) groups is 1. The first-order valence-electron chi connectivity index (χ1n) is 7.73. The molecule has 1 unspecified atom stereocenters. The Hall–Kier alpha value is -3.36. The van der Waals surface area contributed by atoms with E-state index < -0.39 is 23.2 Å². The summed E-state index contributed by atoms with van der Waals surface area (Å²) in [5.41, 5.74) is 1.15. The Labute approximate surface area is 152 Å². The summed E-state index contributed by atoms with van der Waals surface area (Å²) in [7, 11) is 0. The van der Waals surface area contributed by atoms with E-state index >= 15 is 0 Å². The standard InChI is InChI=1S/C18H15F3N2O4/c1-12(14-5-9-16(10-6-14)27-18(19,20)21)22-17(24)11-4-13-2-7-15(8-3-13)23(25)26/h2-12H,1H3,(H,22,24)/b11-4+. The van der Waals surface area contributed by atoms with E-state index in [-0.39, 0.29) is 11.4 Å². The van der Waals surface area contributed by atoms with Crippen LogP contribution in [0.3, 0.4) is 0 Å². The number of nitro groups is 1. The molecule has 9 heteroatoms. The number of nitrogens with zero attached hydrogens (tertiary/aromatic N) is 1. The molecule has 0 bridgehead atoms. The Bertz CT molecular complexity index is 831. The van der Waals surface area contributed by atoms with Crippen molar-refractivity contribution >= 4 is 17.7 Å². The second kappa shape index (κ2) is 8.35. The summed E-state index contributed by atoms with van der Waals surface area (Å²) >= 11 is 0. The molecule has 0 spiro atoms. The molecule has 0 aliphatic carbocycles. The Balaban J connectivity index is 1.93. The molecular formula is C18H15F3N2O4. The van der Waals surface area contributed by atoms with Gasteiger partial charge in [-0.25, -0.2) is 0 Å². The van der Waals surface area contributed by atoms with Gasteiger partial charge in [0, 0.05) is 18.2 Å². The molecule has 2 rings (SSSR count). The zero-order valence-electron chi connectivity index (χ0n) is 14.1. The molecule has 1 atom stereocenters. The molecule has 0 aromatic heterocycles. The van der Waals surface area contributed by atoms with Crippen LogP contribution in [0.5, 0.6) is 5.75 Å². The van der Waals surface area contributed by atoms with Gasteiger partial charge < -0.3 is 10.1 Å². The second-order valence-corrected chi connectivity index (χ2v) is 5.53. The zero-order chi connectivity index (χ0) is 20.0. The lowest BCUT2D eigenvalue weighted by Gasteiger charge is -2.14. The van der Waals surface area contributed by atoms with Crippen LogP contribution in [0.1, 0.15) is 24.1 Å². The first-order valence-corrected chi connectivity index (χ1v) is 7.73. The van der Waals surface area contributed by atoms with E-state index in [1.807, 2.05) is 0 Å². The van der Waals surface area contributed by atoms with Crippen molar-refractivity contribution in [3.63, 3.8) is 0 Å². The van der Waals surface area contributed by atoms with Crippen LogP contribution in [-0.4, -0.2) is 17.2 Å². The molecule has 0 radical (unpaired) electrons. The van der Waals surface area contributed by atoms with Crippen LogP contribution in [0.15, 0.2) is 54.6 Å². The number of benzene rings is 2. The van der Waals surface area contributed by atoms with Gasteiger partial charge in [-0.3, -0.25) is 14.9 Å². The number of rotatable bonds is 6. The smallest absolute Gasteiger partial charge is 0.406 e. The lowest BCUT2D eigenvalue weighted by molar-refractivity contribution is -0.384. The van der Waals surface area contributed by atoms with Gasteiger partial charge in [0.15, 0.2) is 0 Å². The van der Waals surface area contributed by atoms with Crippen LogP contribution in [0.25, 0.3) is 6.08 Å². The predicted octanol–water partition coefficient (Wildman–Crippen LogP) is 4.38. The molecule has 2 aromatic carbocycles. The molecule has 1 N–H and O–H groups in total. The third-order valence-corrected chi connectivity index (χ3v) is 3.50. The Morgan fingerprint density at radius 2 is 1.74 bits per heavy atom. The Morgan fingerprint density at radius 1 is 1.15 bits per heavy atom. The van der Waals surface area contributed by atoms with E-state index in [0.717, 1.165) is 12.1 Å². The van der Waals surface area contributed by atoms with Gasteiger partial charge in [0.05, 0.1) is 11.0 Å². The van der Waals surface area contributed by atoms with Crippen molar-refractivity contribution in [1.29, 1.82) is 0 Å². The van der Waals surface area contributed by atoms with Crippen LogP contribution < -0.4 is 10.1 Å². The van der Waals surface area contributed by atoms with Crippen LogP contribution >= 0.6 is 0 Å². The summed E-state index contributed by atoms with van der Waals surface area (Å²) in [5, 5.41) is 13.3. The molecule has 27 heavy (non-hydrogen) atoms.